The molecule has 1 heterocycles. The predicted octanol–water partition coefficient (Wildman–Crippen LogP) is 3.81. The van der Waals surface area contributed by atoms with Crippen LogP contribution in [0.5, 0.6) is 0 Å². The molecule has 2 rings (SSSR count). The average Bonchev–Trinajstić information content (AvgIpc) is 2.47. The van der Waals surface area contributed by atoms with E-state index in [1.807, 2.05) is 0 Å². The number of hydrogen-bond donors (Lipinski definition) is 1. The van der Waals surface area contributed by atoms with Crippen LogP contribution in [0.25, 0.3) is 0 Å². The number of piperidine rings is 1. The first-order chi connectivity index (χ1) is 10.1. The molecule has 1 saturated heterocycles. The van der Waals surface area contributed by atoms with Gasteiger partial charge in [0.15, 0.2) is 0 Å². The average molecular weight is 355 g/mol. The number of anilines is 1. The monoisotopic (exact) mass is 354 g/mol. The molecule has 1 aromatic carbocycles. The third-order valence-electron chi connectivity index (χ3n) is 4.25. The second-order valence-corrected chi connectivity index (χ2v) is 6.99. The summed E-state index contributed by atoms with van der Waals surface area (Å²) in [6.45, 7) is 8.36. The molecule has 0 bridgehead atoms. The fraction of sp³-hybridized carbons (Fsp3) is 0.647. The topological polar surface area (TPSA) is 24.5 Å². The van der Waals surface area contributed by atoms with E-state index >= 15 is 0 Å². The van der Waals surface area contributed by atoms with E-state index in [0.29, 0.717) is 6.04 Å². The predicted molar refractivity (Wildman–Crippen MR) is 92.9 cm³/mol. The summed E-state index contributed by atoms with van der Waals surface area (Å²) < 4.78 is 6.25. The van der Waals surface area contributed by atoms with Crippen molar-refractivity contribution in [1.82, 2.24) is 5.32 Å². The lowest BCUT2D eigenvalue weighted by Crippen LogP contribution is -2.41. The van der Waals surface area contributed by atoms with Crippen molar-refractivity contribution in [3.05, 3.63) is 28.2 Å². The van der Waals surface area contributed by atoms with Gasteiger partial charge in [-0.25, -0.2) is 0 Å². The van der Waals surface area contributed by atoms with E-state index in [4.69, 9.17) is 4.74 Å². The van der Waals surface area contributed by atoms with Gasteiger partial charge in [0.2, 0.25) is 0 Å². The van der Waals surface area contributed by atoms with Crippen LogP contribution in [0.15, 0.2) is 22.7 Å². The molecule has 0 spiro atoms. The van der Waals surface area contributed by atoms with Gasteiger partial charge in [-0.2, -0.15) is 0 Å². The Morgan fingerprint density at radius 3 is 2.86 bits per heavy atom. The SMILES string of the molecule is COCCNCc1ccc(N2CC(C)CCC2C)c(Br)c1. The molecule has 0 amide bonds. The van der Waals surface area contributed by atoms with Crippen molar-refractivity contribution in [1.29, 1.82) is 0 Å². The van der Waals surface area contributed by atoms with E-state index in [1.165, 1.54) is 28.6 Å². The summed E-state index contributed by atoms with van der Waals surface area (Å²) in [5.74, 6) is 0.781. The maximum atomic E-state index is 5.05. The molecule has 118 valence electrons. The Morgan fingerprint density at radius 2 is 2.14 bits per heavy atom. The first-order valence-corrected chi connectivity index (χ1v) is 8.66. The number of ether oxygens (including phenoxy) is 1. The van der Waals surface area contributed by atoms with E-state index in [0.717, 1.165) is 32.2 Å². The summed E-state index contributed by atoms with van der Waals surface area (Å²) in [6.07, 6.45) is 2.63. The Kier molecular flexibility index (Phi) is 6.52. The molecule has 1 aliphatic heterocycles. The molecule has 1 aliphatic rings. The van der Waals surface area contributed by atoms with Crippen LogP contribution in [0.3, 0.4) is 0 Å². The van der Waals surface area contributed by atoms with Crippen LogP contribution in [0.2, 0.25) is 0 Å². The summed E-state index contributed by atoms with van der Waals surface area (Å²) >= 11 is 3.76. The zero-order valence-corrected chi connectivity index (χ0v) is 14.9. The molecule has 2 unspecified atom stereocenters. The Labute approximate surface area is 137 Å². The highest BCUT2D eigenvalue weighted by atomic mass is 79.9. The van der Waals surface area contributed by atoms with Crippen LogP contribution in [0, 0.1) is 5.92 Å². The maximum Gasteiger partial charge on any atom is 0.0587 e. The minimum Gasteiger partial charge on any atom is -0.383 e. The van der Waals surface area contributed by atoms with Crippen molar-refractivity contribution in [2.45, 2.75) is 39.3 Å². The van der Waals surface area contributed by atoms with Gasteiger partial charge in [0.25, 0.3) is 0 Å². The number of methoxy groups -OCH3 is 1. The van der Waals surface area contributed by atoms with Gasteiger partial charge in [-0.05, 0) is 59.3 Å². The lowest BCUT2D eigenvalue weighted by Gasteiger charge is -2.39. The number of benzene rings is 1. The number of nitrogens with zero attached hydrogens (tertiary/aromatic N) is 1. The van der Waals surface area contributed by atoms with Gasteiger partial charge in [0, 0.05) is 37.3 Å². The van der Waals surface area contributed by atoms with Gasteiger partial charge in [-0.1, -0.05) is 13.0 Å². The minimum atomic E-state index is 0.628. The van der Waals surface area contributed by atoms with Crippen LogP contribution in [0.1, 0.15) is 32.3 Å². The summed E-state index contributed by atoms with van der Waals surface area (Å²) in [7, 11) is 1.73. The van der Waals surface area contributed by atoms with Gasteiger partial charge in [0.1, 0.15) is 0 Å². The highest BCUT2D eigenvalue weighted by molar-refractivity contribution is 9.10. The number of nitrogens with one attached hydrogen (secondary N) is 1. The van der Waals surface area contributed by atoms with Crippen LogP contribution < -0.4 is 10.2 Å². The molecule has 0 radical (unpaired) electrons. The molecule has 0 aliphatic carbocycles. The summed E-state index contributed by atoms with van der Waals surface area (Å²) in [6, 6.07) is 7.35. The second-order valence-electron chi connectivity index (χ2n) is 6.14. The lowest BCUT2D eigenvalue weighted by molar-refractivity contribution is 0.199. The molecular weight excluding hydrogens is 328 g/mol. The van der Waals surface area contributed by atoms with Crippen molar-refractivity contribution in [2.75, 3.05) is 31.7 Å². The first-order valence-electron chi connectivity index (χ1n) is 7.86. The zero-order valence-electron chi connectivity index (χ0n) is 13.4. The molecule has 1 aromatic rings. The molecule has 3 nitrogen and oxygen atoms in total. The standard InChI is InChI=1S/C17H27BrN2O/c1-13-4-5-14(2)20(12-13)17-7-6-15(10-16(17)18)11-19-8-9-21-3/h6-7,10,13-14,19H,4-5,8-9,11-12H2,1-3H3. The van der Waals surface area contributed by atoms with Crippen LogP contribution in [-0.4, -0.2) is 32.8 Å². The van der Waals surface area contributed by atoms with Gasteiger partial charge in [0.05, 0.1) is 12.3 Å². The van der Waals surface area contributed by atoms with Gasteiger partial charge in [-0.3, -0.25) is 0 Å². The summed E-state index contributed by atoms with van der Waals surface area (Å²) in [5, 5.41) is 3.39. The Hall–Kier alpha value is -0.580. The van der Waals surface area contributed by atoms with Gasteiger partial charge >= 0.3 is 0 Å². The molecule has 1 N–H and O–H groups in total. The quantitative estimate of drug-likeness (QED) is 0.786. The van der Waals surface area contributed by atoms with E-state index in [2.05, 4.69) is 58.2 Å². The Balaban J connectivity index is 2.01. The third kappa shape index (κ3) is 4.70. The van der Waals surface area contributed by atoms with Crippen LogP contribution >= 0.6 is 15.9 Å². The number of halogens is 1. The number of rotatable bonds is 6. The fourth-order valence-corrected chi connectivity index (χ4v) is 3.58. The van der Waals surface area contributed by atoms with Crippen LogP contribution in [0.4, 0.5) is 5.69 Å². The van der Waals surface area contributed by atoms with Crippen molar-refractivity contribution in [3.63, 3.8) is 0 Å². The first kappa shape index (κ1) is 16.8. The number of hydrogen-bond acceptors (Lipinski definition) is 3. The normalized spacial score (nSPS) is 22.6. The van der Waals surface area contributed by atoms with E-state index in [-0.39, 0.29) is 0 Å². The second kappa shape index (κ2) is 8.16. The molecule has 2 atom stereocenters. The summed E-state index contributed by atoms with van der Waals surface area (Å²) in [5.41, 5.74) is 2.63. The van der Waals surface area contributed by atoms with Crippen LogP contribution in [-0.2, 0) is 11.3 Å². The Bertz CT molecular complexity index is 452. The third-order valence-corrected chi connectivity index (χ3v) is 4.89. The molecular formula is C17H27BrN2O. The van der Waals surface area contributed by atoms with Gasteiger partial charge < -0.3 is 15.0 Å². The molecule has 0 aromatic heterocycles. The van der Waals surface area contributed by atoms with Crippen molar-refractivity contribution >= 4 is 21.6 Å². The lowest BCUT2D eigenvalue weighted by atomic mass is 9.94. The van der Waals surface area contributed by atoms with E-state index in [1.54, 1.807) is 7.11 Å². The van der Waals surface area contributed by atoms with Crippen molar-refractivity contribution in [3.8, 4) is 0 Å². The van der Waals surface area contributed by atoms with Gasteiger partial charge in [-0.15, -0.1) is 0 Å². The highest BCUT2D eigenvalue weighted by Gasteiger charge is 2.24. The largest absolute Gasteiger partial charge is 0.383 e. The van der Waals surface area contributed by atoms with E-state index in [9.17, 15) is 0 Å². The molecule has 1 fully saturated rings. The molecule has 21 heavy (non-hydrogen) atoms. The van der Waals surface area contributed by atoms with Crippen molar-refractivity contribution in [2.24, 2.45) is 5.92 Å². The maximum absolute atomic E-state index is 5.05. The van der Waals surface area contributed by atoms with Crippen molar-refractivity contribution < 1.29 is 4.74 Å². The summed E-state index contributed by atoms with van der Waals surface area (Å²) in [4.78, 5) is 2.54. The molecule has 0 saturated carbocycles. The molecule has 4 heteroatoms. The minimum absolute atomic E-state index is 0.628. The highest BCUT2D eigenvalue weighted by Crippen LogP contribution is 2.33. The van der Waals surface area contributed by atoms with E-state index < -0.39 is 0 Å². The Morgan fingerprint density at radius 1 is 1.33 bits per heavy atom. The smallest absolute Gasteiger partial charge is 0.0587 e. The zero-order chi connectivity index (χ0) is 15.2. The fourth-order valence-electron chi connectivity index (χ4n) is 2.92.